The van der Waals surface area contributed by atoms with Crippen molar-refractivity contribution in [2.45, 2.75) is 32.9 Å². The SMILES string of the molecule is CCn1nc(C)cc1C(=O)N1CCc2c([nH]c3ccccc23)[C@H]1c1cc(F)ccc1F. The summed E-state index contributed by atoms with van der Waals surface area (Å²) in [5.41, 5.74) is 4.00. The van der Waals surface area contributed by atoms with E-state index < -0.39 is 17.7 Å². The normalized spacial score (nSPS) is 16.0. The van der Waals surface area contributed by atoms with Crippen LogP contribution in [-0.2, 0) is 13.0 Å². The number of hydrogen-bond donors (Lipinski definition) is 1. The van der Waals surface area contributed by atoms with Crippen LogP contribution in [0.25, 0.3) is 10.9 Å². The number of aromatic amines is 1. The molecule has 5 nitrogen and oxygen atoms in total. The van der Waals surface area contributed by atoms with E-state index in [-0.39, 0.29) is 11.5 Å². The van der Waals surface area contributed by atoms with E-state index in [1.807, 2.05) is 38.1 Å². The maximum Gasteiger partial charge on any atom is 0.272 e. The number of carbonyl (C=O) groups excluding carboxylic acids is 1. The van der Waals surface area contributed by atoms with Gasteiger partial charge < -0.3 is 9.88 Å². The number of amides is 1. The standard InChI is InChI=1S/C24H22F2N4O/c1-3-30-21(12-14(2)28-30)24(31)29-11-10-17-16-6-4-5-7-20(16)27-22(17)23(29)18-13-15(25)8-9-19(18)26/h4-9,12-13,23,27H,3,10-11H2,1-2H3/t23-/m1/s1. The molecule has 1 aliphatic heterocycles. The Morgan fingerprint density at radius 2 is 2.00 bits per heavy atom. The molecule has 1 atom stereocenters. The fraction of sp³-hybridized carbons (Fsp3) is 0.250. The molecule has 0 unspecified atom stereocenters. The van der Waals surface area contributed by atoms with E-state index in [4.69, 9.17) is 0 Å². The van der Waals surface area contributed by atoms with Crippen LogP contribution in [0.15, 0.2) is 48.5 Å². The highest BCUT2D eigenvalue weighted by Gasteiger charge is 2.37. The average molecular weight is 420 g/mol. The van der Waals surface area contributed by atoms with Crippen molar-refractivity contribution in [1.29, 1.82) is 0 Å². The Labute approximate surface area is 178 Å². The quantitative estimate of drug-likeness (QED) is 0.520. The molecule has 0 spiro atoms. The van der Waals surface area contributed by atoms with Crippen molar-refractivity contribution in [3.8, 4) is 0 Å². The number of nitrogens with zero attached hydrogens (tertiary/aromatic N) is 3. The molecule has 0 bridgehead atoms. The second-order valence-corrected chi connectivity index (χ2v) is 7.87. The highest BCUT2D eigenvalue weighted by atomic mass is 19.1. The fourth-order valence-corrected chi connectivity index (χ4v) is 4.61. The summed E-state index contributed by atoms with van der Waals surface area (Å²) in [7, 11) is 0. The summed E-state index contributed by atoms with van der Waals surface area (Å²) in [5.74, 6) is -1.34. The van der Waals surface area contributed by atoms with Gasteiger partial charge in [-0.05, 0) is 56.2 Å². The molecular formula is C24H22F2N4O. The first-order valence-electron chi connectivity index (χ1n) is 10.4. The van der Waals surface area contributed by atoms with Gasteiger partial charge in [-0.3, -0.25) is 9.48 Å². The van der Waals surface area contributed by atoms with Crippen LogP contribution in [-0.4, -0.2) is 32.1 Å². The zero-order valence-corrected chi connectivity index (χ0v) is 17.3. The molecule has 2 aromatic carbocycles. The van der Waals surface area contributed by atoms with Crippen LogP contribution in [0.1, 0.15) is 46.0 Å². The van der Waals surface area contributed by atoms with Gasteiger partial charge in [-0.2, -0.15) is 5.10 Å². The van der Waals surface area contributed by atoms with Crippen LogP contribution >= 0.6 is 0 Å². The summed E-state index contributed by atoms with van der Waals surface area (Å²) in [5, 5.41) is 5.42. The minimum absolute atomic E-state index is 0.139. The monoisotopic (exact) mass is 420 g/mol. The van der Waals surface area contributed by atoms with E-state index in [0.29, 0.717) is 25.2 Å². The van der Waals surface area contributed by atoms with Crippen LogP contribution < -0.4 is 0 Å². The van der Waals surface area contributed by atoms with Crippen molar-refractivity contribution >= 4 is 16.8 Å². The molecular weight excluding hydrogens is 398 g/mol. The predicted molar refractivity (Wildman–Crippen MR) is 114 cm³/mol. The van der Waals surface area contributed by atoms with Crippen molar-refractivity contribution in [3.63, 3.8) is 0 Å². The second-order valence-electron chi connectivity index (χ2n) is 7.87. The first-order chi connectivity index (χ1) is 15.0. The molecule has 31 heavy (non-hydrogen) atoms. The Bertz CT molecular complexity index is 1310. The molecule has 4 aromatic rings. The maximum absolute atomic E-state index is 15.0. The van der Waals surface area contributed by atoms with Crippen molar-refractivity contribution in [2.75, 3.05) is 6.54 Å². The van der Waals surface area contributed by atoms with Crippen LogP contribution in [0.5, 0.6) is 0 Å². The van der Waals surface area contributed by atoms with E-state index >= 15 is 0 Å². The molecule has 1 N–H and O–H groups in total. The van der Waals surface area contributed by atoms with E-state index in [1.54, 1.807) is 15.6 Å². The number of para-hydroxylation sites is 1. The molecule has 1 aliphatic rings. The smallest absolute Gasteiger partial charge is 0.272 e. The Morgan fingerprint density at radius 1 is 1.19 bits per heavy atom. The second kappa shape index (κ2) is 7.34. The molecule has 7 heteroatoms. The van der Waals surface area contributed by atoms with E-state index in [0.717, 1.165) is 40.0 Å². The molecule has 5 rings (SSSR count). The van der Waals surface area contributed by atoms with Crippen molar-refractivity contribution in [3.05, 3.63) is 88.4 Å². The van der Waals surface area contributed by atoms with Gasteiger partial charge in [0, 0.05) is 35.2 Å². The fourth-order valence-electron chi connectivity index (χ4n) is 4.61. The zero-order chi connectivity index (χ0) is 21.7. The summed E-state index contributed by atoms with van der Waals surface area (Å²) < 4.78 is 30.8. The Morgan fingerprint density at radius 3 is 2.81 bits per heavy atom. The summed E-state index contributed by atoms with van der Waals surface area (Å²) in [4.78, 5) is 18.6. The summed E-state index contributed by atoms with van der Waals surface area (Å²) >= 11 is 0. The summed E-state index contributed by atoms with van der Waals surface area (Å²) in [6.07, 6.45) is 0.623. The first-order valence-corrected chi connectivity index (χ1v) is 10.4. The van der Waals surface area contributed by atoms with Gasteiger partial charge in [0.25, 0.3) is 5.91 Å². The third-order valence-corrected chi connectivity index (χ3v) is 5.97. The largest absolute Gasteiger partial charge is 0.356 e. The number of rotatable bonds is 3. The maximum atomic E-state index is 15.0. The molecule has 0 saturated carbocycles. The van der Waals surface area contributed by atoms with Crippen molar-refractivity contribution < 1.29 is 13.6 Å². The van der Waals surface area contributed by atoms with Gasteiger partial charge in [0.05, 0.1) is 5.69 Å². The Balaban J connectivity index is 1.71. The number of carbonyl (C=O) groups is 1. The highest BCUT2D eigenvalue weighted by molar-refractivity contribution is 5.94. The number of nitrogens with one attached hydrogen (secondary N) is 1. The molecule has 1 amide bonds. The van der Waals surface area contributed by atoms with E-state index in [1.165, 1.54) is 6.07 Å². The molecule has 158 valence electrons. The van der Waals surface area contributed by atoms with Gasteiger partial charge in [-0.25, -0.2) is 8.78 Å². The minimum atomic E-state index is -0.764. The number of aromatic nitrogens is 3. The molecule has 0 saturated heterocycles. The zero-order valence-electron chi connectivity index (χ0n) is 17.3. The first kappa shape index (κ1) is 19.5. The van der Waals surface area contributed by atoms with Crippen molar-refractivity contribution in [2.24, 2.45) is 0 Å². The summed E-state index contributed by atoms with van der Waals surface area (Å²) in [6.45, 7) is 4.68. The number of halogens is 2. The minimum Gasteiger partial charge on any atom is -0.356 e. The average Bonchev–Trinajstić information content (AvgIpc) is 3.34. The number of aryl methyl sites for hydroxylation is 2. The molecule has 0 aliphatic carbocycles. The van der Waals surface area contributed by atoms with E-state index in [2.05, 4.69) is 10.1 Å². The lowest BCUT2D eigenvalue weighted by atomic mass is 9.91. The molecule has 0 radical (unpaired) electrons. The van der Waals surface area contributed by atoms with Crippen LogP contribution in [0.4, 0.5) is 8.78 Å². The molecule has 0 fully saturated rings. The third kappa shape index (κ3) is 3.12. The number of hydrogen-bond acceptors (Lipinski definition) is 2. The van der Waals surface area contributed by atoms with E-state index in [9.17, 15) is 13.6 Å². The van der Waals surface area contributed by atoms with Crippen LogP contribution in [0.3, 0.4) is 0 Å². The topological polar surface area (TPSA) is 53.9 Å². The van der Waals surface area contributed by atoms with Gasteiger partial charge in [-0.15, -0.1) is 0 Å². The predicted octanol–water partition coefficient (Wildman–Crippen LogP) is 4.76. The molecule has 2 aromatic heterocycles. The lowest BCUT2D eigenvalue weighted by molar-refractivity contribution is 0.0676. The van der Waals surface area contributed by atoms with Crippen LogP contribution in [0, 0.1) is 18.6 Å². The molecule has 3 heterocycles. The number of fused-ring (bicyclic) bond motifs is 3. The lowest BCUT2D eigenvalue weighted by Crippen LogP contribution is -2.41. The lowest BCUT2D eigenvalue weighted by Gasteiger charge is -2.36. The number of benzene rings is 2. The Hall–Kier alpha value is -3.48. The van der Waals surface area contributed by atoms with Gasteiger partial charge in [-0.1, -0.05) is 18.2 Å². The summed E-state index contributed by atoms with van der Waals surface area (Å²) in [6, 6.07) is 12.2. The van der Waals surface area contributed by atoms with Gasteiger partial charge in [0.15, 0.2) is 0 Å². The van der Waals surface area contributed by atoms with Gasteiger partial charge in [0.2, 0.25) is 0 Å². The van der Waals surface area contributed by atoms with Gasteiger partial charge in [0.1, 0.15) is 23.4 Å². The van der Waals surface area contributed by atoms with Crippen LogP contribution in [0.2, 0.25) is 0 Å². The Kier molecular flexibility index (Phi) is 4.61. The van der Waals surface area contributed by atoms with Crippen molar-refractivity contribution in [1.82, 2.24) is 19.7 Å². The third-order valence-electron chi connectivity index (χ3n) is 5.97. The number of H-pyrrole nitrogens is 1. The van der Waals surface area contributed by atoms with Gasteiger partial charge >= 0.3 is 0 Å². The highest BCUT2D eigenvalue weighted by Crippen LogP contribution is 2.40.